The Hall–Kier alpha value is -2.98. The van der Waals surface area contributed by atoms with Gasteiger partial charge in [-0.15, -0.1) is 0 Å². The minimum absolute atomic E-state index is 0.0805. The number of fused-ring (bicyclic) bond motifs is 1. The summed E-state index contributed by atoms with van der Waals surface area (Å²) in [5.41, 5.74) is 0.725. The lowest BCUT2D eigenvalue weighted by Gasteiger charge is -2.22. The average Bonchev–Trinajstić information content (AvgIpc) is 3.37. The van der Waals surface area contributed by atoms with E-state index in [1.54, 1.807) is 7.11 Å². The van der Waals surface area contributed by atoms with Crippen molar-refractivity contribution < 1.29 is 23.8 Å². The fourth-order valence-electron chi connectivity index (χ4n) is 2.97. The van der Waals surface area contributed by atoms with Gasteiger partial charge in [0, 0.05) is 6.07 Å². The number of aromatic nitrogens is 1. The molecule has 1 N–H and O–H groups in total. The first kappa shape index (κ1) is 20.7. The highest BCUT2D eigenvalue weighted by Gasteiger charge is 2.27. The zero-order chi connectivity index (χ0) is 21.0. The monoisotopic (exact) mass is 419 g/mol. The molecule has 29 heavy (non-hydrogen) atoms. The maximum atomic E-state index is 13.1. The Labute approximate surface area is 171 Å². The van der Waals surface area contributed by atoms with Gasteiger partial charge < -0.3 is 14.1 Å². The number of carbonyl (C=O) groups is 1. The summed E-state index contributed by atoms with van der Waals surface area (Å²) in [6, 6.07) is 8.06. The summed E-state index contributed by atoms with van der Waals surface area (Å²) in [5.74, 6) is -0.308. The van der Waals surface area contributed by atoms with Gasteiger partial charge in [0.2, 0.25) is 0 Å². The third-order valence-corrected chi connectivity index (χ3v) is 5.79. The van der Waals surface area contributed by atoms with E-state index in [0.29, 0.717) is 17.4 Å². The van der Waals surface area contributed by atoms with Crippen molar-refractivity contribution in [1.82, 2.24) is 4.98 Å². The molecular weight excluding hydrogens is 396 g/mol. The van der Waals surface area contributed by atoms with Crippen LogP contribution in [0.15, 0.2) is 34.7 Å². The molecule has 9 nitrogen and oxygen atoms in total. The molecule has 3 aromatic rings. The lowest BCUT2D eigenvalue weighted by atomic mass is 10.3. The van der Waals surface area contributed by atoms with Crippen LogP contribution in [0.4, 0.5) is 11.0 Å². The predicted molar refractivity (Wildman–Crippen MR) is 110 cm³/mol. The minimum atomic E-state index is -0.662. The summed E-state index contributed by atoms with van der Waals surface area (Å²) in [5, 5.41) is 11.4. The van der Waals surface area contributed by atoms with Crippen molar-refractivity contribution in [2.75, 3.05) is 38.2 Å². The van der Waals surface area contributed by atoms with Crippen LogP contribution in [-0.4, -0.2) is 49.1 Å². The van der Waals surface area contributed by atoms with Crippen LogP contribution in [0.5, 0.6) is 5.75 Å². The third-order valence-electron chi connectivity index (χ3n) is 4.73. The number of thiazole rings is 1. The molecule has 0 aliphatic heterocycles. The van der Waals surface area contributed by atoms with E-state index < -0.39 is 16.7 Å². The molecular formula is C19H23N4O5S+. The highest BCUT2D eigenvalue weighted by molar-refractivity contribution is 7.22. The molecule has 0 spiro atoms. The topological polar surface area (TPSA) is 103 Å². The van der Waals surface area contributed by atoms with Gasteiger partial charge in [-0.1, -0.05) is 11.3 Å². The zero-order valence-corrected chi connectivity index (χ0v) is 17.3. The van der Waals surface area contributed by atoms with Crippen molar-refractivity contribution in [3.63, 3.8) is 0 Å². The molecule has 0 aliphatic rings. The Balaban J connectivity index is 1.95. The number of likely N-dealkylation sites (N-methyl/N-ethyl adjacent to an activating group) is 1. The highest BCUT2D eigenvalue weighted by Crippen LogP contribution is 2.32. The number of hydrogen-bond donors (Lipinski definition) is 1. The summed E-state index contributed by atoms with van der Waals surface area (Å²) < 4.78 is 11.3. The van der Waals surface area contributed by atoms with Crippen LogP contribution in [0.25, 0.3) is 10.2 Å². The molecule has 0 saturated carbocycles. The van der Waals surface area contributed by atoms with E-state index in [0.717, 1.165) is 29.9 Å². The first-order valence-electron chi connectivity index (χ1n) is 9.31. The number of benzene rings is 1. The van der Waals surface area contributed by atoms with Crippen molar-refractivity contribution in [1.29, 1.82) is 0 Å². The maximum Gasteiger partial charge on any atom is 0.433 e. The van der Waals surface area contributed by atoms with Crippen LogP contribution in [0.2, 0.25) is 0 Å². The number of carbonyl (C=O) groups excluding carboxylic acids is 1. The van der Waals surface area contributed by atoms with Crippen molar-refractivity contribution in [3.8, 4) is 5.75 Å². The van der Waals surface area contributed by atoms with Crippen molar-refractivity contribution in [2.45, 2.75) is 13.8 Å². The van der Waals surface area contributed by atoms with Gasteiger partial charge in [0.1, 0.15) is 10.7 Å². The number of amides is 1. The van der Waals surface area contributed by atoms with E-state index >= 15 is 0 Å². The van der Waals surface area contributed by atoms with Crippen LogP contribution in [0.1, 0.15) is 24.4 Å². The molecule has 3 rings (SSSR count). The number of nitro groups is 1. The molecule has 0 unspecified atom stereocenters. The van der Waals surface area contributed by atoms with E-state index in [1.807, 2.05) is 18.2 Å². The van der Waals surface area contributed by atoms with Crippen LogP contribution >= 0.6 is 11.3 Å². The van der Waals surface area contributed by atoms with E-state index in [-0.39, 0.29) is 5.76 Å². The lowest BCUT2D eigenvalue weighted by molar-refractivity contribution is -0.894. The number of nitrogens with zero attached hydrogens (tertiary/aromatic N) is 3. The maximum absolute atomic E-state index is 13.1. The van der Waals surface area contributed by atoms with Gasteiger partial charge in [0.15, 0.2) is 10.9 Å². The number of methoxy groups -OCH3 is 1. The standard InChI is InChI=1S/C19H22N4O5S/c1-4-21(5-2)10-11-22(18(24)15-7-9-17(28-15)23(25)26)19-20-14-12-13(27-3)6-8-16(14)29-19/h6-9,12H,4-5,10-11H2,1-3H3/p+1. The largest absolute Gasteiger partial charge is 0.497 e. The van der Waals surface area contributed by atoms with E-state index in [4.69, 9.17) is 9.15 Å². The van der Waals surface area contributed by atoms with Gasteiger partial charge in [-0.3, -0.25) is 19.8 Å². The summed E-state index contributed by atoms with van der Waals surface area (Å²) in [6.07, 6.45) is 0. The Morgan fingerprint density at radius 1 is 1.31 bits per heavy atom. The van der Waals surface area contributed by atoms with Gasteiger partial charge in [-0.05, 0) is 32.0 Å². The second-order valence-corrected chi connectivity index (χ2v) is 7.40. The van der Waals surface area contributed by atoms with Gasteiger partial charge in [-0.25, -0.2) is 4.98 Å². The number of furan rings is 1. The fraction of sp³-hybridized carbons (Fsp3) is 0.368. The molecule has 0 aliphatic carbocycles. The number of rotatable bonds is 9. The second kappa shape index (κ2) is 9.01. The summed E-state index contributed by atoms with van der Waals surface area (Å²) in [6.45, 7) is 7.18. The fourth-order valence-corrected chi connectivity index (χ4v) is 3.94. The number of quaternary nitrogens is 1. The summed E-state index contributed by atoms with van der Waals surface area (Å²) >= 11 is 1.38. The molecule has 1 aromatic carbocycles. The SMILES string of the molecule is CC[NH+](CC)CCN(C(=O)c1ccc([N+](=O)[O-])o1)c1nc2cc(OC)ccc2s1. The quantitative estimate of drug-likeness (QED) is 0.422. The average molecular weight is 419 g/mol. The zero-order valence-electron chi connectivity index (χ0n) is 16.5. The highest BCUT2D eigenvalue weighted by atomic mass is 32.1. The third kappa shape index (κ3) is 4.54. The molecule has 0 bridgehead atoms. The minimum Gasteiger partial charge on any atom is -0.497 e. The Morgan fingerprint density at radius 3 is 2.69 bits per heavy atom. The van der Waals surface area contributed by atoms with Gasteiger partial charge in [0.05, 0.1) is 49.6 Å². The molecule has 0 fully saturated rings. The van der Waals surface area contributed by atoms with Crippen LogP contribution in [0, 0.1) is 10.1 Å². The summed E-state index contributed by atoms with van der Waals surface area (Å²) in [4.78, 5) is 30.8. The molecule has 1 amide bonds. The number of nitrogens with one attached hydrogen (secondary N) is 1. The van der Waals surface area contributed by atoms with Crippen molar-refractivity contribution in [3.05, 3.63) is 46.2 Å². The molecule has 154 valence electrons. The normalized spacial score (nSPS) is 11.2. The first-order valence-corrected chi connectivity index (χ1v) is 10.1. The van der Waals surface area contributed by atoms with Gasteiger partial charge in [0.25, 0.3) is 5.91 Å². The van der Waals surface area contributed by atoms with Crippen molar-refractivity contribution >= 4 is 38.5 Å². The second-order valence-electron chi connectivity index (χ2n) is 6.39. The number of hydrogen-bond acceptors (Lipinski definition) is 7. The molecule has 2 heterocycles. The number of anilines is 1. The van der Waals surface area contributed by atoms with Gasteiger partial charge >= 0.3 is 5.88 Å². The van der Waals surface area contributed by atoms with E-state index in [9.17, 15) is 14.9 Å². The molecule has 0 radical (unpaired) electrons. The van der Waals surface area contributed by atoms with E-state index in [2.05, 4.69) is 18.8 Å². The first-order chi connectivity index (χ1) is 14.0. The molecule has 0 saturated heterocycles. The summed E-state index contributed by atoms with van der Waals surface area (Å²) in [7, 11) is 1.58. The Morgan fingerprint density at radius 2 is 2.07 bits per heavy atom. The van der Waals surface area contributed by atoms with E-state index in [1.165, 1.54) is 33.3 Å². The number of ether oxygens (including phenoxy) is 1. The molecule has 10 heteroatoms. The smallest absolute Gasteiger partial charge is 0.433 e. The Bertz CT molecular complexity index is 1010. The molecule has 0 atom stereocenters. The van der Waals surface area contributed by atoms with Crippen LogP contribution in [0.3, 0.4) is 0 Å². The lowest BCUT2D eigenvalue weighted by Crippen LogP contribution is -3.12. The van der Waals surface area contributed by atoms with Crippen LogP contribution in [-0.2, 0) is 0 Å². The van der Waals surface area contributed by atoms with Crippen LogP contribution < -0.4 is 14.5 Å². The predicted octanol–water partition coefficient (Wildman–Crippen LogP) is 2.38. The molecule has 2 aromatic heterocycles. The van der Waals surface area contributed by atoms with Crippen molar-refractivity contribution in [2.24, 2.45) is 0 Å². The Kier molecular flexibility index (Phi) is 6.45. The van der Waals surface area contributed by atoms with Gasteiger partial charge in [-0.2, -0.15) is 0 Å².